The monoisotopic (exact) mass is 356 g/mol. The Bertz CT molecular complexity index is 265. The maximum atomic E-state index is 11.4. The zero-order valence-electron chi connectivity index (χ0n) is 10.3. The van der Waals surface area contributed by atoms with E-state index in [1.165, 1.54) is 0 Å². The van der Waals surface area contributed by atoms with E-state index in [0.29, 0.717) is 31.7 Å². The highest BCUT2D eigenvalue weighted by molar-refractivity contribution is 14.0. The number of halogens is 1. The fourth-order valence-corrected chi connectivity index (χ4v) is 1.69. The molecule has 1 aliphatic rings. The van der Waals surface area contributed by atoms with Gasteiger partial charge in [-0.05, 0) is 19.8 Å². The Labute approximate surface area is 119 Å². The Balaban J connectivity index is 0.00000256. The summed E-state index contributed by atoms with van der Waals surface area (Å²) in [5, 5.41) is 3.11. The van der Waals surface area contributed by atoms with Crippen molar-refractivity contribution < 1.29 is 9.53 Å². The van der Waals surface area contributed by atoms with E-state index in [9.17, 15) is 4.79 Å². The summed E-state index contributed by atoms with van der Waals surface area (Å²) in [5.74, 6) is 0.453. The number of hydrogen-bond acceptors (Lipinski definition) is 3. The molecule has 1 heterocycles. The van der Waals surface area contributed by atoms with Gasteiger partial charge in [-0.1, -0.05) is 0 Å². The number of guanidine groups is 1. The fraction of sp³-hybridized carbons (Fsp3) is 0.800. The molecule has 3 N–H and O–H groups in total. The number of amides is 1. The molecule has 0 radical (unpaired) electrons. The normalized spacial score (nSPS) is 17.3. The summed E-state index contributed by atoms with van der Waals surface area (Å²) in [6, 6.07) is 0.300. The van der Waals surface area contributed by atoms with Crippen LogP contribution >= 0.6 is 24.0 Å². The van der Waals surface area contributed by atoms with Crippen LogP contribution in [0.15, 0.2) is 4.99 Å². The van der Waals surface area contributed by atoms with Crippen molar-refractivity contribution in [2.24, 2.45) is 10.7 Å². The summed E-state index contributed by atoms with van der Waals surface area (Å²) >= 11 is 0. The average Bonchev–Trinajstić information content (AvgIpc) is 2.30. The highest BCUT2D eigenvalue weighted by Crippen LogP contribution is 2.11. The molecule has 1 saturated heterocycles. The number of nitrogens with two attached hydrogens (primary N) is 1. The third kappa shape index (κ3) is 5.42. The van der Waals surface area contributed by atoms with Gasteiger partial charge >= 0.3 is 6.09 Å². The van der Waals surface area contributed by atoms with E-state index in [1.54, 1.807) is 11.9 Å². The third-order valence-electron chi connectivity index (χ3n) is 2.61. The minimum Gasteiger partial charge on any atom is -0.450 e. The molecule has 1 aliphatic heterocycles. The van der Waals surface area contributed by atoms with Crippen molar-refractivity contribution in [2.45, 2.75) is 25.8 Å². The maximum Gasteiger partial charge on any atom is 0.409 e. The van der Waals surface area contributed by atoms with Gasteiger partial charge in [0.2, 0.25) is 0 Å². The van der Waals surface area contributed by atoms with Gasteiger partial charge in [-0.3, -0.25) is 4.99 Å². The van der Waals surface area contributed by atoms with Crippen molar-refractivity contribution in [3.63, 3.8) is 0 Å². The number of piperidine rings is 1. The molecule has 0 aromatic heterocycles. The van der Waals surface area contributed by atoms with Crippen LogP contribution in [0.1, 0.15) is 19.8 Å². The molecule has 0 bridgehead atoms. The number of carbonyl (C=O) groups excluding carboxylic acids is 1. The number of hydrogen-bond donors (Lipinski definition) is 2. The highest BCUT2D eigenvalue weighted by Gasteiger charge is 2.23. The van der Waals surface area contributed by atoms with Gasteiger partial charge in [0.05, 0.1) is 6.61 Å². The highest BCUT2D eigenvalue weighted by atomic mass is 127. The lowest BCUT2D eigenvalue weighted by Crippen LogP contribution is -2.48. The van der Waals surface area contributed by atoms with Crippen LogP contribution in [0.2, 0.25) is 0 Å². The predicted octanol–water partition coefficient (Wildman–Crippen LogP) is 0.759. The van der Waals surface area contributed by atoms with Crippen molar-refractivity contribution in [1.82, 2.24) is 10.2 Å². The first-order valence-electron chi connectivity index (χ1n) is 5.57. The number of carbonyl (C=O) groups is 1. The molecule has 6 nitrogen and oxygen atoms in total. The number of nitrogens with zero attached hydrogens (tertiary/aromatic N) is 2. The largest absolute Gasteiger partial charge is 0.450 e. The minimum atomic E-state index is -0.224. The summed E-state index contributed by atoms with van der Waals surface area (Å²) in [5.41, 5.74) is 5.58. The lowest BCUT2D eigenvalue weighted by atomic mass is 10.1. The SMILES string of the molecule is CCOC(=O)N1CCC(NC(N)=NC)CC1.I. The number of rotatable bonds is 2. The number of nitrogens with one attached hydrogen (secondary N) is 1. The topological polar surface area (TPSA) is 80.0 Å². The van der Waals surface area contributed by atoms with Gasteiger partial charge in [-0.15, -0.1) is 24.0 Å². The molecular weight excluding hydrogens is 335 g/mol. The van der Waals surface area contributed by atoms with Crippen LogP contribution in [-0.4, -0.2) is 49.7 Å². The van der Waals surface area contributed by atoms with E-state index in [2.05, 4.69) is 10.3 Å². The molecule has 1 rings (SSSR count). The molecule has 0 unspecified atom stereocenters. The zero-order valence-corrected chi connectivity index (χ0v) is 12.6. The quantitative estimate of drug-likeness (QED) is 0.435. The van der Waals surface area contributed by atoms with Crippen molar-refractivity contribution in [2.75, 3.05) is 26.7 Å². The van der Waals surface area contributed by atoms with Crippen LogP contribution < -0.4 is 11.1 Å². The molecule has 17 heavy (non-hydrogen) atoms. The standard InChI is InChI=1S/C10H20N4O2.HI/c1-3-16-10(15)14-6-4-8(5-7-14)13-9(11)12-2;/h8H,3-7H2,1-2H3,(H3,11,12,13);1H. The Morgan fingerprint density at radius 2 is 2.12 bits per heavy atom. The Hall–Kier alpha value is -0.730. The van der Waals surface area contributed by atoms with E-state index in [0.717, 1.165) is 12.8 Å². The van der Waals surface area contributed by atoms with E-state index < -0.39 is 0 Å². The Kier molecular flexibility index (Phi) is 8.01. The Morgan fingerprint density at radius 1 is 1.53 bits per heavy atom. The van der Waals surface area contributed by atoms with Crippen molar-refractivity contribution in [3.05, 3.63) is 0 Å². The predicted molar refractivity (Wildman–Crippen MR) is 77.7 cm³/mol. The van der Waals surface area contributed by atoms with Gasteiger partial charge in [-0.25, -0.2) is 4.79 Å². The summed E-state index contributed by atoms with van der Waals surface area (Å²) in [6.45, 7) is 3.64. The van der Waals surface area contributed by atoms with Gasteiger partial charge in [0, 0.05) is 26.2 Å². The summed E-state index contributed by atoms with van der Waals surface area (Å²) in [7, 11) is 1.65. The molecular formula is C10H21IN4O2. The van der Waals surface area contributed by atoms with E-state index >= 15 is 0 Å². The van der Waals surface area contributed by atoms with E-state index in [4.69, 9.17) is 10.5 Å². The second-order valence-electron chi connectivity index (χ2n) is 3.71. The van der Waals surface area contributed by atoms with E-state index in [1.807, 2.05) is 6.92 Å². The third-order valence-corrected chi connectivity index (χ3v) is 2.61. The number of ether oxygens (including phenoxy) is 1. The molecule has 0 saturated carbocycles. The van der Waals surface area contributed by atoms with Crippen LogP contribution in [0, 0.1) is 0 Å². The van der Waals surface area contributed by atoms with Crippen molar-refractivity contribution in [3.8, 4) is 0 Å². The van der Waals surface area contributed by atoms with Crippen molar-refractivity contribution in [1.29, 1.82) is 0 Å². The first-order valence-corrected chi connectivity index (χ1v) is 5.57. The smallest absolute Gasteiger partial charge is 0.409 e. The molecule has 0 aromatic rings. The molecule has 1 fully saturated rings. The molecule has 0 aliphatic carbocycles. The molecule has 0 spiro atoms. The van der Waals surface area contributed by atoms with Gasteiger partial charge in [0.1, 0.15) is 0 Å². The van der Waals surface area contributed by atoms with Crippen LogP contribution in [0.4, 0.5) is 4.79 Å². The first kappa shape index (κ1) is 16.3. The lowest BCUT2D eigenvalue weighted by molar-refractivity contribution is 0.0963. The van der Waals surface area contributed by atoms with Crippen LogP contribution in [0.25, 0.3) is 0 Å². The maximum absolute atomic E-state index is 11.4. The lowest BCUT2D eigenvalue weighted by Gasteiger charge is -2.31. The number of aliphatic imine (C=N–C) groups is 1. The molecule has 1 amide bonds. The average molecular weight is 356 g/mol. The molecule has 0 aromatic carbocycles. The van der Waals surface area contributed by atoms with Crippen LogP contribution in [0.5, 0.6) is 0 Å². The second kappa shape index (κ2) is 8.37. The fourth-order valence-electron chi connectivity index (χ4n) is 1.69. The minimum absolute atomic E-state index is 0. The molecule has 100 valence electrons. The summed E-state index contributed by atoms with van der Waals surface area (Å²) < 4.78 is 4.94. The second-order valence-corrected chi connectivity index (χ2v) is 3.71. The summed E-state index contributed by atoms with van der Waals surface area (Å²) in [4.78, 5) is 17.0. The number of likely N-dealkylation sites (tertiary alicyclic amines) is 1. The molecule has 7 heteroatoms. The summed E-state index contributed by atoms with van der Waals surface area (Å²) in [6.07, 6.45) is 1.52. The van der Waals surface area contributed by atoms with E-state index in [-0.39, 0.29) is 30.1 Å². The van der Waals surface area contributed by atoms with Gasteiger partial charge in [-0.2, -0.15) is 0 Å². The Morgan fingerprint density at radius 3 is 2.59 bits per heavy atom. The van der Waals surface area contributed by atoms with Gasteiger partial charge in [0.25, 0.3) is 0 Å². The van der Waals surface area contributed by atoms with Gasteiger partial charge in [0.15, 0.2) is 5.96 Å². The van der Waals surface area contributed by atoms with Crippen LogP contribution in [0.3, 0.4) is 0 Å². The first-order chi connectivity index (χ1) is 7.67. The molecule has 0 atom stereocenters. The van der Waals surface area contributed by atoms with Gasteiger partial charge < -0.3 is 20.7 Å². The van der Waals surface area contributed by atoms with Crippen molar-refractivity contribution >= 4 is 36.0 Å². The van der Waals surface area contributed by atoms with Crippen LogP contribution in [-0.2, 0) is 4.74 Å². The zero-order chi connectivity index (χ0) is 12.0.